The summed E-state index contributed by atoms with van der Waals surface area (Å²) in [7, 11) is 0. The van der Waals surface area contributed by atoms with Gasteiger partial charge < -0.3 is 11.1 Å². The van der Waals surface area contributed by atoms with Crippen LogP contribution in [0.1, 0.15) is 5.56 Å². The summed E-state index contributed by atoms with van der Waals surface area (Å²) < 4.78 is 1.81. The molecular weight excluding hydrogens is 228 g/mol. The maximum Gasteiger partial charge on any atom is 0.203 e. The minimum absolute atomic E-state index is 0.643. The summed E-state index contributed by atoms with van der Waals surface area (Å²) in [5.41, 5.74) is 8.29. The van der Waals surface area contributed by atoms with Gasteiger partial charge in [0.2, 0.25) is 5.65 Å². The van der Waals surface area contributed by atoms with Crippen LogP contribution >= 0.6 is 0 Å². The predicted molar refractivity (Wildman–Crippen MR) is 69.0 cm³/mol. The highest BCUT2D eigenvalue weighted by atomic mass is 15.2. The molecular formula is C12H12N6. The zero-order valence-corrected chi connectivity index (χ0v) is 9.61. The molecule has 0 aliphatic rings. The normalized spacial score (nSPS) is 10.7. The van der Waals surface area contributed by atoms with E-state index >= 15 is 0 Å². The fourth-order valence-corrected chi connectivity index (χ4v) is 1.77. The maximum absolute atomic E-state index is 5.73. The Morgan fingerprint density at radius 3 is 3.17 bits per heavy atom. The van der Waals surface area contributed by atoms with Gasteiger partial charge in [-0.2, -0.15) is 0 Å². The van der Waals surface area contributed by atoms with Crippen molar-refractivity contribution < 1.29 is 0 Å². The lowest BCUT2D eigenvalue weighted by Crippen LogP contribution is -2.03. The van der Waals surface area contributed by atoms with Crippen LogP contribution in [0.3, 0.4) is 0 Å². The molecule has 3 N–H and O–H groups in total. The van der Waals surface area contributed by atoms with E-state index in [9.17, 15) is 0 Å². The number of hydrogen-bond donors (Lipinski definition) is 2. The van der Waals surface area contributed by atoms with Gasteiger partial charge in [0, 0.05) is 24.6 Å². The number of fused-ring (bicyclic) bond motifs is 1. The van der Waals surface area contributed by atoms with Crippen molar-refractivity contribution in [2.75, 3.05) is 11.1 Å². The lowest BCUT2D eigenvalue weighted by molar-refractivity contribution is 1.07. The molecule has 6 nitrogen and oxygen atoms in total. The Balaban J connectivity index is 1.83. The number of nitrogens with one attached hydrogen (secondary N) is 1. The number of nitrogen functional groups attached to an aromatic ring is 1. The van der Waals surface area contributed by atoms with Gasteiger partial charge in [-0.15, -0.1) is 10.2 Å². The number of hydrogen-bond acceptors (Lipinski definition) is 5. The summed E-state index contributed by atoms with van der Waals surface area (Å²) in [6.07, 6.45) is 5.15. The molecule has 0 bridgehead atoms. The van der Waals surface area contributed by atoms with Crippen molar-refractivity contribution in [1.29, 1.82) is 0 Å². The van der Waals surface area contributed by atoms with Gasteiger partial charge >= 0.3 is 0 Å². The Bertz CT molecular complexity index is 675. The Morgan fingerprint density at radius 1 is 1.33 bits per heavy atom. The molecule has 6 heteroatoms. The first-order valence-electron chi connectivity index (χ1n) is 5.55. The second kappa shape index (κ2) is 4.33. The minimum atomic E-state index is 0.643. The summed E-state index contributed by atoms with van der Waals surface area (Å²) in [5, 5.41) is 11.1. The van der Waals surface area contributed by atoms with E-state index in [4.69, 9.17) is 5.73 Å². The quantitative estimate of drug-likeness (QED) is 0.675. The van der Waals surface area contributed by atoms with E-state index in [2.05, 4.69) is 20.5 Å². The minimum Gasteiger partial charge on any atom is -0.399 e. The molecule has 0 fully saturated rings. The third-order valence-corrected chi connectivity index (χ3v) is 2.63. The fourth-order valence-electron chi connectivity index (χ4n) is 1.77. The highest BCUT2D eigenvalue weighted by Crippen LogP contribution is 2.12. The molecule has 0 saturated heterocycles. The molecule has 0 atom stereocenters. The molecule has 1 aromatic carbocycles. The van der Waals surface area contributed by atoms with Gasteiger partial charge in [-0.25, -0.2) is 4.98 Å². The molecule has 2 aromatic heterocycles. The van der Waals surface area contributed by atoms with Crippen LogP contribution in [0.5, 0.6) is 0 Å². The van der Waals surface area contributed by atoms with Crippen LogP contribution in [0.4, 0.5) is 11.5 Å². The van der Waals surface area contributed by atoms with Crippen molar-refractivity contribution in [1.82, 2.24) is 19.6 Å². The summed E-state index contributed by atoms with van der Waals surface area (Å²) in [6.45, 7) is 0.643. The van der Waals surface area contributed by atoms with E-state index in [1.54, 1.807) is 18.7 Å². The Kier molecular flexibility index (Phi) is 2.53. The number of anilines is 2. The summed E-state index contributed by atoms with van der Waals surface area (Å²) in [6, 6.07) is 7.72. The van der Waals surface area contributed by atoms with Gasteiger partial charge in [0.15, 0.2) is 5.82 Å². The number of benzene rings is 1. The second-order valence-corrected chi connectivity index (χ2v) is 3.94. The summed E-state index contributed by atoms with van der Waals surface area (Å²) in [4.78, 5) is 4.25. The Labute approximate surface area is 103 Å². The Hall–Kier alpha value is -2.63. The molecule has 2 heterocycles. The fraction of sp³-hybridized carbons (Fsp3) is 0.0833. The average Bonchev–Trinajstić information content (AvgIpc) is 2.85. The van der Waals surface area contributed by atoms with Crippen molar-refractivity contribution in [3.63, 3.8) is 0 Å². The topological polar surface area (TPSA) is 81.1 Å². The second-order valence-electron chi connectivity index (χ2n) is 3.94. The molecule has 0 saturated carbocycles. The highest BCUT2D eigenvalue weighted by molar-refractivity contribution is 5.61. The van der Waals surface area contributed by atoms with Crippen molar-refractivity contribution in [2.24, 2.45) is 0 Å². The number of nitrogens with two attached hydrogens (primary N) is 1. The Morgan fingerprint density at radius 2 is 2.28 bits per heavy atom. The smallest absolute Gasteiger partial charge is 0.203 e. The molecule has 0 unspecified atom stereocenters. The van der Waals surface area contributed by atoms with Crippen molar-refractivity contribution in [3.05, 3.63) is 48.5 Å². The van der Waals surface area contributed by atoms with Gasteiger partial charge in [0.1, 0.15) is 6.33 Å². The van der Waals surface area contributed by atoms with E-state index in [1.807, 2.05) is 28.7 Å². The molecule has 0 spiro atoms. The van der Waals surface area contributed by atoms with Crippen LogP contribution in [0, 0.1) is 0 Å². The van der Waals surface area contributed by atoms with E-state index < -0.39 is 0 Å². The highest BCUT2D eigenvalue weighted by Gasteiger charge is 2.04. The molecule has 90 valence electrons. The lowest BCUT2D eigenvalue weighted by atomic mass is 10.2. The van der Waals surface area contributed by atoms with Crippen molar-refractivity contribution in [2.45, 2.75) is 6.54 Å². The van der Waals surface area contributed by atoms with E-state index in [0.717, 1.165) is 11.3 Å². The number of aromatic nitrogens is 4. The third-order valence-electron chi connectivity index (χ3n) is 2.63. The third kappa shape index (κ3) is 1.95. The van der Waals surface area contributed by atoms with Gasteiger partial charge in [-0.1, -0.05) is 12.1 Å². The molecule has 3 aromatic rings. The van der Waals surface area contributed by atoms with E-state index in [0.29, 0.717) is 18.0 Å². The van der Waals surface area contributed by atoms with Gasteiger partial charge in [-0.3, -0.25) is 4.40 Å². The molecule has 0 amide bonds. The standard InChI is InChI=1S/C12H12N6/c13-10-3-1-2-9(6-10)7-15-11-12-17-16-8-18(12)5-4-14-11/h1-6,8H,7,13H2,(H,14,15). The van der Waals surface area contributed by atoms with Gasteiger partial charge in [0.25, 0.3) is 0 Å². The SMILES string of the molecule is Nc1cccc(CNc2nccn3cnnc23)c1. The molecule has 0 aliphatic carbocycles. The number of nitrogens with zero attached hydrogens (tertiary/aromatic N) is 4. The molecule has 0 radical (unpaired) electrons. The lowest BCUT2D eigenvalue weighted by Gasteiger charge is -2.06. The molecule has 3 rings (SSSR count). The van der Waals surface area contributed by atoms with Crippen LogP contribution in [0.25, 0.3) is 5.65 Å². The predicted octanol–water partition coefficient (Wildman–Crippen LogP) is 1.32. The van der Waals surface area contributed by atoms with Crippen LogP contribution in [-0.4, -0.2) is 19.6 Å². The largest absolute Gasteiger partial charge is 0.399 e. The van der Waals surface area contributed by atoms with Crippen LogP contribution in [-0.2, 0) is 6.54 Å². The van der Waals surface area contributed by atoms with E-state index in [1.165, 1.54) is 0 Å². The first-order chi connectivity index (χ1) is 8.83. The van der Waals surface area contributed by atoms with Crippen molar-refractivity contribution in [3.8, 4) is 0 Å². The van der Waals surface area contributed by atoms with Crippen LogP contribution in [0.15, 0.2) is 43.0 Å². The summed E-state index contributed by atoms with van der Waals surface area (Å²) in [5.74, 6) is 0.706. The number of rotatable bonds is 3. The zero-order chi connectivity index (χ0) is 12.4. The van der Waals surface area contributed by atoms with Gasteiger partial charge in [0.05, 0.1) is 0 Å². The van der Waals surface area contributed by atoms with Crippen LogP contribution in [0.2, 0.25) is 0 Å². The first-order valence-corrected chi connectivity index (χ1v) is 5.55. The average molecular weight is 240 g/mol. The van der Waals surface area contributed by atoms with Gasteiger partial charge in [-0.05, 0) is 17.7 Å². The maximum atomic E-state index is 5.73. The van der Waals surface area contributed by atoms with Crippen LogP contribution < -0.4 is 11.1 Å². The zero-order valence-electron chi connectivity index (χ0n) is 9.61. The van der Waals surface area contributed by atoms with Crippen molar-refractivity contribution >= 4 is 17.2 Å². The monoisotopic (exact) mass is 240 g/mol. The molecule has 18 heavy (non-hydrogen) atoms. The first kappa shape index (κ1) is 10.5. The molecule has 0 aliphatic heterocycles. The summed E-state index contributed by atoms with van der Waals surface area (Å²) >= 11 is 0. The van der Waals surface area contributed by atoms with E-state index in [-0.39, 0.29) is 0 Å².